The van der Waals surface area contributed by atoms with Gasteiger partial charge in [-0.3, -0.25) is 4.79 Å². The summed E-state index contributed by atoms with van der Waals surface area (Å²) in [6.07, 6.45) is 0. The Bertz CT molecular complexity index is 747. The van der Waals surface area contributed by atoms with Crippen LogP contribution in [-0.2, 0) is 0 Å². The molecule has 1 aliphatic carbocycles. The summed E-state index contributed by atoms with van der Waals surface area (Å²) in [6.45, 7) is 6.00. The van der Waals surface area contributed by atoms with Crippen LogP contribution in [0.25, 0.3) is 11.1 Å². The Kier molecular flexibility index (Phi) is 2.44. The monoisotopic (exact) mass is 264 g/mol. The van der Waals surface area contributed by atoms with E-state index in [4.69, 9.17) is 5.73 Å². The summed E-state index contributed by atoms with van der Waals surface area (Å²) in [7, 11) is 3.62. The van der Waals surface area contributed by atoms with Gasteiger partial charge in [0.05, 0.1) is 10.2 Å². The molecule has 3 radical (unpaired) electrons. The van der Waals surface area contributed by atoms with Gasteiger partial charge in [0.25, 0.3) is 0 Å². The van der Waals surface area contributed by atoms with Gasteiger partial charge in [-0.2, -0.15) is 0 Å². The average Bonchev–Trinajstić information content (AvgIpc) is 2.69. The van der Waals surface area contributed by atoms with Crippen molar-refractivity contribution in [1.82, 2.24) is 0 Å². The lowest BCUT2D eigenvalue weighted by molar-refractivity contribution is 0.104. The maximum absolute atomic E-state index is 12.6. The van der Waals surface area contributed by atoms with Crippen LogP contribution in [0.5, 0.6) is 0 Å². The second-order valence-electron chi connectivity index (χ2n) is 5.12. The van der Waals surface area contributed by atoms with Gasteiger partial charge >= 0.3 is 0 Å². The highest BCUT2D eigenvalue weighted by atomic mass is 28.1. The third-order valence-corrected chi connectivity index (χ3v) is 4.73. The molecular weight excluding hydrogens is 250 g/mol. The number of nitrogens with two attached hydrogens (primary N) is 1. The summed E-state index contributed by atoms with van der Waals surface area (Å²) in [5, 5.41) is 0.863. The Hall–Kier alpha value is -1.87. The molecule has 0 aliphatic heterocycles. The number of fused-ring (bicyclic) bond motifs is 3. The lowest BCUT2D eigenvalue weighted by atomic mass is 9.94. The zero-order valence-electron chi connectivity index (χ0n) is 11.2. The number of hydrogen-bond donors (Lipinski definition) is 1. The first-order valence-electron chi connectivity index (χ1n) is 6.24. The molecule has 2 N–H and O–H groups in total. The van der Waals surface area contributed by atoms with Gasteiger partial charge in [0.2, 0.25) is 0 Å². The highest BCUT2D eigenvalue weighted by molar-refractivity contribution is 6.42. The standard InChI is InChI=1S/C16H14NOSi/c1-7-5-4-6-10-11(7)12-13(15(10)18)16(19)9(3)8(2)14(12)17/h4-6H,17H2,1-3H3. The van der Waals surface area contributed by atoms with Gasteiger partial charge in [-0.1, -0.05) is 23.4 Å². The highest BCUT2D eigenvalue weighted by Crippen LogP contribution is 2.43. The molecular formula is C16H14NOSi. The molecule has 93 valence electrons. The molecule has 0 aromatic heterocycles. The second-order valence-corrected chi connectivity index (χ2v) is 5.62. The van der Waals surface area contributed by atoms with Crippen molar-refractivity contribution in [2.45, 2.75) is 20.8 Å². The van der Waals surface area contributed by atoms with Crippen molar-refractivity contribution in [3.63, 3.8) is 0 Å². The molecule has 1 aliphatic rings. The van der Waals surface area contributed by atoms with Gasteiger partial charge in [-0.25, -0.2) is 0 Å². The van der Waals surface area contributed by atoms with E-state index >= 15 is 0 Å². The predicted molar refractivity (Wildman–Crippen MR) is 79.3 cm³/mol. The summed E-state index contributed by atoms with van der Waals surface area (Å²) in [4.78, 5) is 12.6. The number of benzene rings is 2. The van der Waals surface area contributed by atoms with Crippen LogP contribution >= 0.6 is 0 Å². The SMILES string of the molecule is Cc1cccc2c1-c1c(N)c(C)c(C)c([Si])c1C2=O. The minimum atomic E-state index is 0.0634. The molecule has 2 aromatic carbocycles. The van der Waals surface area contributed by atoms with Gasteiger partial charge in [-0.15, -0.1) is 0 Å². The van der Waals surface area contributed by atoms with E-state index in [0.717, 1.165) is 44.3 Å². The molecule has 0 heterocycles. The van der Waals surface area contributed by atoms with E-state index in [0.29, 0.717) is 5.56 Å². The van der Waals surface area contributed by atoms with Gasteiger partial charge < -0.3 is 5.73 Å². The molecule has 0 spiro atoms. The molecule has 3 heteroatoms. The number of ketones is 1. The number of rotatable bonds is 0. The quantitative estimate of drug-likeness (QED) is 0.499. The van der Waals surface area contributed by atoms with E-state index in [9.17, 15) is 4.79 Å². The first kappa shape index (κ1) is 12.2. The molecule has 0 bridgehead atoms. The van der Waals surface area contributed by atoms with Crippen molar-refractivity contribution in [2.75, 3.05) is 5.73 Å². The van der Waals surface area contributed by atoms with Crippen LogP contribution < -0.4 is 10.9 Å². The molecule has 0 atom stereocenters. The fraction of sp³-hybridized carbons (Fsp3) is 0.188. The number of aryl methyl sites for hydroxylation is 1. The highest BCUT2D eigenvalue weighted by Gasteiger charge is 2.32. The summed E-state index contributed by atoms with van der Waals surface area (Å²) in [5.74, 6) is 0.0634. The number of carbonyl (C=O) groups excluding carboxylic acids is 1. The lowest BCUT2D eigenvalue weighted by Crippen LogP contribution is -2.20. The zero-order valence-corrected chi connectivity index (χ0v) is 12.2. The first-order valence-corrected chi connectivity index (χ1v) is 6.74. The second kappa shape index (κ2) is 3.81. The molecule has 0 unspecified atom stereocenters. The number of anilines is 1. The Morgan fingerprint density at radius 1 is 1.00 bits per heavy atom. The lowest BCUT2D eigenvalue weighted by Gasteiger charge is -2.15. The van der Waals surface area contributed by atoms with E-state index in [1.807, 2.05) is 39.0 Å². The summed E-state index contributed by atoms with van der Waals surface area (Å²) in [5.41, 5.74) is 13.5. The van der Waals surface area contributed by atoms with Gasteiger partial charge in [0, 0.05) is 22.4 Å². The van der Waals surface area contributed by atoms with E-state index in [2.05, 4.69) is 10.2 Å². The summed E-state index contributed by atoms with van der Waals surface area (Å²) < 4.78 is 0. The van der Waals surface area contributed by atoms with Crippen LogP contribution in [0, 0.1) is 20.8 Å². The maximum Gasteiger partial charge on any atom is 0.194 e. The molecule has 2 nitrogen and oxygen atoms in total. The van der Waals surface area contributed by atoms with Crippen molar-refractivity contribution in [2.24, 2.45) is 0 Å². The predicted octanol–water partition coefficient (Wildman–Crippen LogP) is 2.20. The van der Waals surface area contributed by atoms with Gasteiger partial charge in [0.15, 0.2) is 5.78 Å². The topological polar surface area (TPSA) is 43.1 Å². The Morgan fingerprint density at radius 3 is 2.37 bits per heavy atom. The molecule has 0 saturated heterocycles. The van der Waals surface area contributed by atoms with Crippen LogP contribution in [0.1, 0.15) is 32.6 Å². The maximum atomic E-state index is 12.6. The van der Waals surface area contributed by atoms with Crippen LogP contribution in [0.3, 0.4) is 0 Å². The first-order chi connectivity index (χ1) is 8.95. The Morgan fingerprint density at radius 2 is 1.68 bits per heavy atom. The summed E-state index contributed by atoms with van der Waals surface area (Å²) in [6, 6.07) is 5.81. The van der Waals surface area contributed by atoms with Gasteiger partial charge in [0.1, 0.15) is 0 Å². The van der Waals surface area contributed by atoms with Crippen molar-refractivity contribution >= 4 is 26.9 Å². The third-order valence-electron chi connectivity index (χ3n) is 4.11. The van der Waals surface area contributed by atoms with Crippen molar-refractivity contribution in [3.8, 4) is 11.1 Å². The zero-order chi connectivity index (χ0) is 13.9. The molecule has 0 fully saturated rings. The number of carbonyl (C=O) groups is 1. The molecule has 0 amide bonds. The minimum absolute atomic E-state index is 0.0634. The van der Waals surface area contributed by atoms with E-state index in [1.165, 1.54) is 0 Å². The fourth-order valence-electron chi connectivity index (χ4n) is 2.83. The van der Waals surface area contributed by atoms with Crippen LogP contribution in [-0.4, -0.2) is 16.0 Å². The molecule has 19 heavy (non-hydrogen) atoms. The van der Waals surface area contributed by atoms with Crippen LogP contribution in [0.2, 0.25) is 0 Å². The van der Waals surface area contributed by atoms with E-state index in [-0.39, 0.29) is 5.78 Å². The molecule has 3 rings (SSSR count). The number of nitrogen functional groups attached to an aromatic ring is 1. The van der Waals surface area contributed by atoms with E-state index in [1.54, 1.807) is 0 Å². The van der Waals surface area contributed by atoms with Crippen LogP contribution in [0.15, 0.2) is 18.2 Å². The largest absolute Gasteiger partial charge is 0.398 e. The molecule has 0 saturated carbocycles. The van der Waals surface area contributed by atoms with Gasteiger partial charge in [-0.05, 0) is 43.0 Å². The number of hydrogen-bond acceptors (Lipinski definition) is 2. The normalized spacial score (nSPS) is 12.5. The smallest absolute Gasteiger partial charge is 0.194 e. The fourth-order valence-corrected chi connectivity index (χ4v) is 3.26. The van der Waals surface area contributed by atoms with Crippen molar-refractivity contribution in [3.05, 3.63) is 46.0 Å². The van der Waals surface area contributed by atoms with Crippen molar-refractivity contribution < 1.29 is 4.79 Å². The average molecular weight is 264 g/mol. The van der Waals surface area contributed by atoms with Crippen molar-refractivity contribution in [1.29, 1.82) is 0 Å². The Labute approximate surface area is 116 Å². The third kappa shape index (κ3) is 1.39. The summed E-state index contributed by atoms with van der Waals surface area (Å²) >= 11 is 0. The minimum Gasteiger partial charge on any atom is -0.398 e. The Balaban J connectivity index is 2.54. The van der Waals surface area contributed by atoms with Crippen LogP contribution in [0.4, 0.5) is 5.69 Å². The molecule has 2 aromatic rings. The van der Waals surface area contributed by atoms with E-state index < -0.39 is 0 Å².